The predicted octanol–water partition coefficient (Wildman–Crippen LogP) is 5.15. The van der Waals surface area contributed by atoms with E-state index in [1.807, 2.05) is 24.3 Å². The van der Waals surface area contributed by atoms with Crippen molar-refractivity contribution >= 4 is 39.6 Å². The van der Waals surface area contributed by atoms with Gasteiger partial charge in [0, 0.05) is 28.4 Å². The minimum Gasteiger partial charge on any atom is -0.503 e. The van der Waals surface area contributed by atoms with Gasteiger partial charge in [-0.1, -0.05) is 30.3 Å². The molecule has 0 aliphatic carbocycles. The number of anilines is 1. The van der Waals surface area contributed by atoms with E-state index < -0.39 is 29.3 Å². The van der Waals surface area contributed by atoms with Gasteiger partial charge in [-0.2, -0.15) is 0 Å². The number of amides is 1. The number of rotatable bonds is 4. The number of benzene rings is 2. The lowest BCUT2D eigenvalue weighted by Gasteiger charge is -2.26. The fraction of sp³-hybridized carbons (Fsp3) is 0.0435. The van der Waals surface area contributed by atoms with Gasteiger partial charge >= 0.3 is 0 Å². The van der Waals surface area contributed by atoms with Crippen molar-refractivity contribution < 1.29 is 19.1 Å². The SMILES string of the molecule is O=C(C1=C(O)C(=O)N(c2cccc(F)c2)C1c1c[nH]c2ccccc12)c1cccs1. The maximum Gasteiger partial charge on any atom is 0.294 e. The summed E-state index contributed by atoms with van der Waals surface area (Å²) < 4.78 is 14.0. The number of hydrogen-bond donors (Lipinski definition) is 2. The van der Waals surface area contributed by atoms with Gasteiger partial charge in [-0.3, -0.25) is 14.5 Å². The first-order valence-corrected chi connectivity index (χ1v) is 10.1. The molecule has 1 unspecified atom stereocenters. The van der Waals surface area contributed by atoms with Crippen molar-refractivity contribution in [1.82, 2.24) is 4.98 Å². The number of carbonyl (C=O) groups excluding carboxylic acids is 2. The molecular formula is C23H15FN2O3S. The molecule has 1 amide bonds. The van der Waals surface area contributed by atoms with E-state index in [-0.39, 0.29) is 11.3 Å². The first-order valence-electron chi connectivity index (χ1n) is 9.22. The zero-order valence-corrected chi connectivity index (χ0v) is 16.3. The second-order valence-electron chi connectivity index (χ2n) is 6.92. The number of hydrogen-bond acceptors (Lipinski definition) is 4. The molecule has 0 fully saturated rings. The third-order valence-corrected chi connectivity index (χ3v) is 6.07. The summed E-state index contributed by atoms with van der Waals surface area (Å²) in [5.41, 5.74) is 1.72. The maximum absolute atomic E-state index is 14.0. The first-order chi connectivity index (χ1) is 14.6. The average molecular weight is 418 g/mol. The van der Waals surface area contributed by atoms with Gasteiger partial charge in [0.05, 0.1) is 16.5 Å². The standard InChI is InChI=1S/C23H15FN2O3S/c24-13-5-3-6-14(11-13)26-20(16-12-25-17-8-2-1-7-15(16)17)19(22(28)23(26)29)21(27)18-9-4-10-30-18/h1-12,20,25,28H. The van der Waals surface area contributed by atoms with Gasteiger partial charge in [-0.05, 0) is 35.7 Å². The highest BCUT2D eigenvalue weighted by Gasteiger charge is 2.45. The Balaban J connectivity index is 1.74. The number of H-pyrrole nitrogens is 1. The summed E-state index contributed by atoms with van der Waals surface area (Å²) in [6.45, 7) is 0. The summed E-state index contributed by atoms with van der Waals surface area (Å²) in [7, 11) is 0. The second-order valence-corrected chi connectivity index (χ2v) is 7.86. The molecule has 2 aromatic heterocycles. The smallest absolute Gasteiger partial charge is 0.294 e. The quantitative estimate of drug-likeness (QED) is 0.450. The lowest BCUT2D eigenvalue weighted by Crippen LogP contribution is -2.31. The summed E-state index contributed by atoms with van der Waals surface area (Å²) in [4.78, 5) is 31.2. The number of carbonyl (C=O) groups is 2. The van der Waals surface area contributed by atoms with Gasteiger partial charge in [-0.15, -0.1) is 11.3 Å². The minimum absolute atomic E-state index is 0.0172. The molecule has 4 aromatic rings. The van der Waals surface area contributed by atoms with Gasteiger partial charge in [0.25, 0.3) is 5.91 Å². The number of halogens is 1. The van der Waals surface area contributed by atoms with Crippen molar-refractivity contribution in [3.63, 3.8) is 0 Å². The summed E-state index contributed by atoms with van der Waals surface area (Å²) in [5, 5.41) is 13.3. The Morgan fingerprint density at radius 3 is 2.70 bits per heavy atom. The van der Waals surface area contributed by atoms with E-state index in [2.05, 4.69) is 4.98 Å². The molecule has 2 N–H and O–H groups in total. The van der Waals surface area contributed by atoms with Crippen molar-refractivity contribution in [1.29, 1.82) is 0 Å². The molecule has 3 heterocycles. The second kappa shape index (κ2) is 6.96. The summed E-state index contributed by atoms with van der Waals surface area (Å²) in [6.07, 6.45) is 1.72. The average Bonchev–Trinajstić information content (AvgIpc) is 3.47. The van der Waals surface area contributed by atoms with Crippen molar-refractivity contribution in [2.24, 2.45) is 0 Å². The molecule has 0 saturated carbocycles. The highest BCUT2D eigenvalue weighted by atomic mass is 32.1. The molecule has 7 heteroatoms. The number of aliphatic hydroxyl groups is 1. The van der Waals surface area contributed by atoms with Gasteiger partial charge < -0.3 is 10.1 Å². The number of Topliss-reactive ketones (excluding diaryl/α,β-unsaturated/α-hetero) is 1. The lowest BCUT2D eigenvalue weighted by molar-refractivity contribution is -0.117. The van der Waals surface area contributed by atoms with Crippen molar-refractivity contribution in [2.45, 2.75) is 6.04 Å². The maximum atomic E-state index is 14.0. The normalized spacial score (nSPS) is 16.6. The topological polar surface area (TPSA) is 73.4 Å². The Kier molecular flexibility index (Phi) is 4.25. The Bertz CT molecular complexity index is 1320. The molecule has 2 aromatic carbocycles. The fourth-order valence-corrected chi connectivity index (χ4v) is 4.56. The van der Waals surface area contributed by atoms with Crippen LogP contribution in [0.15, 0.2) is 83.6 Å². The van der Waals surface area contributed by atoms with E-state index in [9.17, 15) is 19.1 Å². The highest BCUT2D eigenvalue weighted by molar-refractivity contribution is 7.12. The fourth-order valence-electron chi connectivity index (χ4n) is 3.88. The van der Waals surface area contributed by atoms with Crippen LogP contribution in [0.3, 0.4) is 0 Å². The summed E-state index contributed by atoms with van der Waals surface area (Å²) in [5.74, 6) is -2.30. The van der Waals surface area contributed by atoms with E-state index in [4.69, 9.17) is 0 Å². The number of nitrogens with one attached hydrogen (secondary N) is 1. The first kappa shape index (κ1) is 18.3. The minimum atomic E-state index is -0.898. The number of thiophene rings is 1. The van der Waals surface area contributed by atoms with Crippen molar-refractivity contribution in [3.05, 3.63) is 99.8 Å². The Morgan fingerprint density at radius 2 is 1.93 bits per heavy atom. The molecule has 0 bridgehead atoms. The predicted molar refractivity (Wildman–Crippen MR) is 113 cm³/mol. The number of ketones is 1. The number of aromatic nitrogens is 1. The van der Waals surface area contributed by atoms with Crippen molar-refractivity contribution in [3.8, 4) is 0 Å². The largest absolute Gasteiger partial charge is 0.503 e. The van der Waals surface area contributed by atoms with Gasteiger partial charge in [-0.25, -0.2) is 4.39 Å². The van der Waals surface area contributed by atoms with Gasteiger partial charge in [0.1, 0.15) is 5.82 Å². The summed E-state index contributed by atoms with van der Waals surface area (Å²) in [6, 6.07) is 15.5. The summed E-state index contributed by atoms with van der Waals surface area (Å²) >= 11 is 1.23. The molecule has 0 spiro atoms. The Labute approximate surface area is 174 Å². The van der Waals surface area contributed by atoms with E-state index in [1.165, 1.54) is 34.4 Å². The number of nitrogens with zero attached hydrogens (tertiary/aromatic N) is 1. The number of aromatic amines is 1. The lowest BCUT2D eigenvalue weighted by atomic mass is 9.94. The van der Waals surface area contributed by atoms with E-state index in [0.717, 1.165) is 10.9 Å². The molecule has 5 nitrogen and oxygen atoms in total. The monoisotopic (exact) mass is 418 g/mol. The molecule has 1 aliphatic rings. The van der Waals surface area contributed by atoms with Crippen LogP contribution in [0, 0.1) is 5.82 Å². The number of aliphatic hydroxyl groups excluding tert-OH is 1. The molecule has 1 atom stereocenters. The van der Waals surface area contributed by atoms with E-state index >= 15 is 0 Å². The van der Waals surface area contributed by atoms with Crippen LogP contribution in [-0.2, 0) is 4.79 Å². The van der Waals surface area contributed by atoms with Crippen LogP contribution in [0.4, 0.5) is 10.1 Å². The van der Waals surface area contributed by atoms with Gasteiger partial charge in [0.2, 0.25) is 5.78 Å². The third-order valence-electron chi connectivity index (χ3n) is 5.20. The zero-order chi connectivity index (χ0) is 20.8. The number of para-hydroxylation sites is 1. The third kappa shape index (κ3) is 2.74. The molecule has 30 heavy (non-hydrogen) atoms. The molecule has 0 saturated heterocycles. The van der Waals surface area contributed by atoms with E-state index in [0.29, 0.717) is 10.4 Å². The molecular weight excluding hydrogens is 403 g/mol. The zero-order valence-electron chi connectivity index (χ0n) is 15.5. The van der Waals surface area contributed by atoms with Crippen LogP contribution >= 0.6 is 11.3 Å². The Morgan fingerprint density at radius 1 is 1.10 bits per heavy atom. The number of fused-ring (bicyclic) bond motifs is 1. The van der Waals surface area contributed by atoms with Crippen LogP contribution in [-0.4, -0.2) is 21.8 Å². The van der Waals surface area contributed by atoms with Crippen LogP contribution in [0.25, 0.3) is 10.9 Å². The molecule has 5 rings (SSSR count). The Hall–Kier alpha value is -3.71. The molecule has 1 aliphatic heterocycles. The molecule has 0 radical (unpaired) electrons. The molecule has 148 valence electrons. The van der Waals surface area contributed by atoms with Crippen LogP contribution < -0.4 is 4.90 Å². The van der Waals surface area contributed by atoms with Crippen molar-refractivity contribution in [2.75, 3.05) is 4.90 Å². The van der Waals surface area contributed by atoms with Crippen LogP contribution in [0.2, 0.25) is 0 Å². The highest BCUT2D eigenvalue weighted by Crippen LogP contribution is 2.44. The van der Waals surface area contributed by atoms with E-state index in [1.54, 1.807) is 29.8 Å². The van der Waals surface area contributed by atoms with Gasteiger partial charge in [0.15, 0.2) is 5.76 Å². The van der Waals surface area contributed by atoms with Crippen LogP contribution in [0.5, 0.6) is 0 Å². The van der Waals surface area contributed by atoms with Crippen LogP contribution in [0.1, 0.15) is 21.3 Å².